The summed E-state index contributed by atoms with van der Waals surface area (Å²) in [5.74, 6) is -0.0382. The molecule has 9 heteroatoms. The first-order valence-corrected chi connectivity index (χ1v) is 11.9. The van der Waals surface area contributed by atoms with Crippen LogP contribution in [0.4, 0.5) is 5.69 Å². The van der Waals surface area contributed by atoms with E-state index in [9.17, 15) is 14.7 Å². The fourth-order valence-corrected chi connectivity index (χ4v) is 4.25. The van der Waals surface area contributed by atoms with Gasteiger partial charge in [0.2, 0.25) is 0 Å². The van der Waals surface area contributed by atoms with E-state index in [0.29, 0.717) is 52.8 Å². The van der Waals surface area contributed by atoms with E-state index in [1.54, 1.807) is 32.4 Å². The van der Waals surface area contributed by atoms with Crippen molar-refractivity contribution < 1.29 is 24.2 Å². The van der Waals surface area contributed by atoms with Gasteiger partial charge in [0.25, 0.3) is 5.56 Å². The number of aldehydes is 1. The van der Waals surface area contributed by atoms with Crippen molar-refractivity contribution in [2.75, 3.05) is 45.4 Å². The molecule has 0 radical (unpaired) electrons. The molecule has 0 amide bonds. The molecule has 9 nitrogen and oxygen atoms in total. The zero-order valence-electron chi connectivity index (χ0n) is 21.7. The molecule has 1 saturated heterocycles. The van der Waals surface area contributed by atoms with Gasteiger partial charge >= 0.3 is 0 Å². The monoisotopic (exact) mass is 517 g/mol. The molecule has 0 spiro atoms. The minimum atomic E-state index is -0.229. The molecule has 0 unspecified atom stereocenters. The number of phenolic OH excluding ortho intramolecular Hbond substituents is 1. The standard InChI is InChI=1S/C26H23N3O4.C2H6O.CH2O/c1-17-6-7-20(28-8-10-33-11-9-28)15-24(17)29-26(32)23-5-3-2-4-22(23)25(27-29)19-12-18(16-30)13-21(31)14-19;1-3-2;1-2/h2-7,12-16,31H,8-11H2,1H3;1-2H3;1H2. The van der Waals surface area contributed by atoms with Crippen molar-refractivity contribution in [2.45, 2.75) is 6.92 Å². The molecule has 38 heavy (non-hydrogen) atoms. The number of benzene rings is 3. The highest BCUT2D eigenvalue weighted by atomic mass is 16.5. The number of ether oxygens (including phenoxy) is 2. The van der Waals surface area contributed by atoms with Gasteiger partial charge < -0.3 is 24.3 Å². The van der Waals surface area contributed by atoms with E-state index in [1.807, 2.05) is 50.1 Å². The number of phenols is 1. The summed E-state index contributed by atoms with van der Waals surface area (Å²) in [6, 6.07) is 17.9. The largest absolute Gasteiger partial charge is 0.508 e. The van der Waals surface area contributed by atoms with Crippen LogP contribution < -0.4 is 10.5 Å². The molecule has 1 aromatic heterocycles. The van der Waals surface area contributed by atoms with E-state index in [0.717, 1.165) is 24.3 Å². The Labute approximate surface area is 220 Å². The number of fused-ring (bicyclic) bond motifs is 1. The Morgan fingerprint density at radius 1 is 1.00 bits per heavy atom. The third-order valence-corrected chi connectivity index (χ3v) is 5.95. The van der Waals surface area contributed by atoms with Gasteiger partial charge in [0, 0.05) is 49.5 Å². The molecule has 198 valence electrons. The fraction of sp³-hybridized carbons (Fsp3) is 0.241. The molecule has 1 aliphatic rings. The van der Waals surface area contributed by atoms with E-state index < -0.39 is 0 Å². The maximum atomic E-state index is 13.5. The summed E-state index contributed by atoms with van der Waals surface area (Å²) < 4.78 is 11.1. The second kappa shape index (κ2) is 13.3. The predicted octanol–water partition coefficient (Wildman–Crippen LogP) is 3.79. The van der Waals surface area contributed by atoms with Gasteiger partial charge in [-0.2, -0.15) is 9.78 Å². The number of hydrogen-bond donors (Lipinski definition) is 1. The maximum absolute atomic E-state index is 13.5. The van der Waals surface area contributed by atoms with Gasteiger partial charge in [-0.3, -0.25) is 9.59 Å². The molecule has 4 aromatic rings. The van der Waals surface area contributed by atoms with Gasteiger partial charge in [-0.25, -0.2) is 0 Å². The minimum Gasteiger partial charge on any atom is -0.508 e. The first-order chi connectivity index (χ1) is 18.5. The van der Waals surface area contributed by atoms with Crippen molar-refractivity contribution >= 4 is 29.5 Å². The van der Waals surface area contributed by atoms with Gasteiger partial charge in [-0.1, -0.05) is 24.3 Å². The lowest BCUT2D eigenvalue weighted by atomic mass is 10.0. The Balaban J connectivity index is 0.000000748. The summed E-state index contributed by atoms with van der Waals surface area (Å²) in [4.78, 5) is 35.1. The van der Waals surface area contributed by atoms with Crippen LogP contribution in [0.1, 0.15) is 15.9 Å². The number of nitrogens with zero attached hydrogens (tertiary/aromatic N) is 3. The number of methoxy groups -OCH3 is 1. The van der Waals surface area contributed by atoms with Crippen molar-refractivity contribution in [1.82, 2.24) is 9.78 Å². The number of carbonyl (C=O) groups is 2. The molecule has 1 aliphatic heterocycles. The van der Waals surface area contributed by atoms with Crippen LogP contribution in [0.2, 0.25) is 0 Å². The van der Waals surface area contributed by atoms with Crippen molar-refractivity contribution in [1.29, 1.82) is 0 Å². The number of hydrogen-bond acceptors (Lipinski definition) is 8. The average Bonchev–Trinajstić information content (AvgIpc) is 2.95. The topological polar surface area (TPSA) is 111 Å². The lowest BCUT2D eigenvalue weighted by Crippen LogP contribution is -2.36. The summed E-state index contributed by atoms with van der Waals surface area (Å²) in [5, 5.41) is 16.1. The van der Waals surface area contributed by atoms with Crippen LogP contribution in [-0.4, -0.2) is 68.5 Å². The van der Waals surface area contributed by atoms with E-state index in [2.05, 4.69) is 9.64 Å². The lowest BCUT2D eigenvalue weighted by Gasteiger charge is -2.29. The fourth-order valence-electron chi connectivity index (χ4n) is 4.25. The van der Waals surface area contributed by atoms with Gasteiger partial charge in [-0.15, -0.1) is 0 Å². The zero-order valence-corrected chi connectivity index (χ0v) is 21.7. The van der Waals surface area contributed by atoms with Gasteiger partial charge in [-0.05, 0) is 48.9 Å². The van der Waals surface area contributed by atoms with E-state index >= 15 is 0 Å². The van der Waals surface area contributed by atoms with Gasteiger partial charge in [0.1, 0.15) is 18.8 Å². The molecule has 0 bridgehead atoms. The normalized spacial score (nSPS) is 12.7. The third kappa shape index (κ3) is 6.13. The molecular formula is C29H31N3O6. The van der Waals surface area contributed by atoms with Crippen molar-refractivity contribution in [3.05, 3.63) is 82.1 Å². The van der Waals surface area contributed by atoms with Crippen LogP contribution in [0, 0.1) is 6.92 Å². The van der Waals surface area contributed by atoms with Crippen LogP contribution >= 0.6 is 0 Å². The molecule has 0 aliphatic carbocycles. The highest BCUT2D eigenvalue weighted by molar-refractivity contribution is 5.95. The lowest BCUT2D eigenvalue weighted by molar-refractivity contribution is -0.0980. The SMILES string of the molecule is C=O.COC.Cc1ccc(N2CCOCC2)cc1-n1nc(-c2cc(O)cc(C=O)c2)c2ccccc2c1=O. The summed E-state index contributed by atoms with van der Waals surface area (Å²) in [6.07, 6.45) is 0.678. The molecule has 0 atom stereocenters. The Hall–Kier alpha value is -4.34. The van der Waals surface area contributed by atoms with Crippen LogP contribution in [0.25, 0.3) is 27.7 Å². The first kappa shape index (κ1) is 28.2. The summed E-state index contributed by atoms with van der Waals surface area (Å²) in [5.41, 5.74) is 3.78. The third-order valence-electron chi connectivity index (χ3n) is 5.95. The van der Waals surface area contributed by atoms with E-state index in [4.69, 9.17) is 14.6 Å². The van der Waals surface area contributed by atoms with Gasteiger partial charge in [0.15, 0.2) is 0 Å². The van der Waals surface area contributed by atoms with Gasteiger partial charge in [0.05, 0.1) is 30.0 Å². The number of aryl methyl sites for hydroxylation is 1. The molecule has 1 N–H and O–H groups in total. The Morgan fingerprint density at radius 2 is 1.66 bits per heavy atom. The smallest absolute Gasteiger partial charge is 0.279 e. The molecule has 3 aromatic carbocycles. The van der Waals surface area contributed by atoms with E-state index in [-0.39, 0.29) is 11.3 Å². The summed E-state index contributed by atoms with van der Waals surface area (Å²) in [6.45, 7) is 6.84. The Bertz CT molecular complexity index is 1460. The minimum absolute atomic E-state index is 0.0382. The number of carbonyl (C=O) groups excluding carboxylic acids is 2. The number of morpholine rings is 1. The van der Waals surface area contributed by atoms with Crippen LogP contribution in [-0.2, 0) is 14.3 Å². The van der Waals surface area contributed by atoms with Crippen LogP contribution in [0.3, 0.4) is 0 Å². The Kier molecular flexibility index (Phi) is 9.86. The molecule has 1 fully saturated rings. The van der Waals surface area contributed by atoms with Crippen LogP contribution in [0.5, 0.6) is 5.75 Å². The second-order valence-electron chi connectivity index (χ2n) is 8.52. The number of aromatic hydroxyl groups is 1. The highest BCUT2D eigenvalue weighted by Gasteiger charge is 2.18. The average molecular weight is 518 g/mol. The first-order valence-electron chi connectivity index (χ1n) is 11.9. The zero-order chi connectivity index (χ0) is 27.7. The van der Waals surface area contributed by atoms with Crippen molar-refractivity contribution in [3.8, 4) is 22.7 Å². The van der Waals surface area contributed by atoms with Crippen molar-refractivity contribution in [2.24, 2.45) is 0 Å². The predicted molar refractivity (Wildman–Crippen MR) is 148 cm³/mol. The van der Waals surface area contributed by atoms with E-state index in [1.165, 1.54) is 10.7 Å². The number of rotatable bonds is 4. The number of aromatic nitrogens is 2. The second-order valence-corrected chi connectivity index (χ2v) is 8.52. The van der Waals surface area contributed by atoms with Crippen LogP contribution in [0.15, 0.2) is 65.5 Å². The maximum Gasteiger partial charge on any atom is 0.279 e. The molecule has 0 saturated carbocycles. The molecule has 5 rings (SSSR count). The summed E-state index contributed by atoms with van der Waals surface area (Å²) in [7, 11) is 3.25. The quantitative estimate of drug-likeness (QED) is 0.407. The Morgan fingerprint density at radius 3 is 2.32 bits per heavy atom. The summed E-state index contributed by atoms with van der Waals surface area (Å²) >= 11 is 0. The van der Waals surface area contributed by atoms with Crippen molar-refractivity contribution in [3.63, 3.8) is 0 Å². The molecular weight excluding hydrogens is 486 g/mol. The number of anilines is 1. The highest BCUT2D eigenvalue weighted by Crippen LogP contribution is 2.30. The molecule has 2 heterocycles.